The summed E-state index contributed by atoms with van der Waals surface area (Å²) in [4.78, 5) is 37.1. The number of urea groups is 1. The number of nitrogens with zero attached hydrogens (tertiary/aromatic N) is 1. The SMILES string of the molecule is CCOc1cc(NC(=O)Nc2ccccc2C)ccc1-c1cccn(Cc2ccc([C@@H](C)CC(=O)O)cc2)c1=O. The summed E-state index contributed by atoms with van der Waals surface area (Å²) in [5.41, 5.74) is 5.00. The van der Waals surface area contributed by atoms with Crippen molar-refractivity contribution in [3.05, 3.63) is 112 Å². The van der Waals surface area contributed by atoms with Crippen LogP contribution in [0, 0.1) is 6.92 Å². The maximum absolute atomic E-state index is 13.5. The molecule has 3 N–H and O–H groups in total. The van der Waals surface area contributed by atoms with Gasteiger partial charge in [0.25, 0.3) is 5.56 Å². The predicted octanol–water partition coefficient (Wildman–Crippen LogP) is 6.49. The summed E-state index contributed by atoms with van der Waals surface area (Å²) in [6.45, 7) is 6.41. The Kier molecular flexibility index (Phi) is 9.01. The summed E-state index contributed by atoms with van der Waals surface area (Å²) < 4.78 is 7.49. The van der Waals surface area contributed by atoms with Gasteiger partial charge in [-0.15, -0.1) is 0 Å². The normalized spacial score (nSPS) is 11.5. The number of amides is 2. The molecule has 0 aliphatic carbocycles. The Morgan fingerprint density at radius 1 is 0.950 bits per heavy atom. The van der Waals surface area contributed by atoms with Crippen LogP contribution in [-0.2, 0) is 11.3 Å². The summed E-state index contributed by atoms with van der Waals surface area (Å²) in [5, 5.41) is 14.7. The average Bonchev–Trinajstić information content (AvgIpc) is 2.92. The van der Waals surface area contributed by atoms with Gasteiger partial charge >= 0.3 is 12.0 Å². The van der Waals surface area contributed by atoms with Gasteiger partial charge in [0.15, 0.2) is 0 Å². The number of nitrogens with one attached hydrogen (secondary N) is 2. The number of anilines is 2. The van der Waals surface area contributed by atoms with Gasteiger partial charge in [-0.25, -0.2) is 4.79 Å². The number of aryl methyl sites for hydroxylation is 1. The molecule has 0 aliphatic heterocycles. The fraction of sp³-hybridized carbons (Fsp3) is 0.219. The van der Waals surface area contributed by atoms with Crippen LogP contribution in [-0.4, -0.2) is 28.3 Å². The minimum absolute atomic E-state index is 0.0642. The molecule has 3 aromatic carbocycles. The highest BCUT2D eigenvalue weighted by molar-refractivity contribution is 6.00. The van der Waals surface area contributed by atoms with Gasteiger partial charge in [-0.2, -0.15) is 0 Å². The maximum atomic E-state index is 13.5. The lowest BCUT2D eigenvalue weighted by Gasteiger charge is -2.15. The van der Waals surface area contributed by atoms with Crippen molar-refractivity contribution in [3.8, 4) is 16.9 Å². The van der Waals surface area contributed by atoms with Crippen molar-refractivity contribution in [2.45, 2.75) is 39.7 Å². The molecule has 40 heavy (non-hydrogen) atoms. The van der Waals surface area contributed by atoms with Crippen molar-refractivity contribution in [3.63, 3.8) is 0 Å². The second-order valence-corrected chi connectivity index (χ2v) is 9.63. The summed E-state index contributed by atoms with van der Waals surface area (Å²) in [7, 11) is 0. The van der Waals surface area contributed by atoms with Crippen LogP contribution in [0.3, 0.4) is 0 Å². The lowest BCUT2D eigenvalue weighted by atomic mass is 9.97. The van der Waals surface area contributed by atoms with Gasteiger partial charge < -0.3 is 25.0 Å². The number of benzene rings is 3. The van der Waals surface area contributed by atoms with E-state index >= 15 is 0 Å². The summed E-state index contributed by atoms with van der Waals surface area (Å²) in [6.07, 6.45) is 1.80. The number of para-hydroxylation sites is 1. The first-order valence-corrected chi connectivity index (χ1v) is 13.2. The molecule has 2 amide bonds. The van der Waals surface area contributed by atoms with E-state index in [9.17, 15) is 14.4 Å². The van der Waals surface area contributed by atoms with Gasteiger partial charge in [0.1, 0.15) is 5.75 Å². The number of hydrogen-bond acceptors (Lipinski definition) is 4. The van der Waals surface area contributed by atoms with Gasteiger partial charge in [0, 0.05) is 29.2 Å². The quantitative estimate of drug-likeness (QED) is 0.213. The molecule has 1 heterocycles. The molecule has 0 radical (unpaired) electrons. The minimum Gasteiger partial charge on any atom is -0.493 e. The molecule has 0 saturated carbocycles. The smallest absolute Gasteiger partial charge is 0.323 e. The Bertz CT molecular complexity index is 1560. The van der Waals surface area contributed by atoms with Crippen LogP contribution < -0.4 is 20.9 Å². The van der Waals surface area contributed by atoms with Crippen LogP contribution in [0.15, 0.2) is 89.9 Å². The van der Waals surface area contributed by atoms with Gasteiger partial charge in [0.05, 0.1) is 25.1 Å². The largest absolute Gasteiger partial charge is 0.493 e. The number of carbonyl (C=O) groups excluding carboxylic acids is 1. The third-order valence-electron chi connectivity index (χ3n) is 6.63. The van der Waals surface area contributed by atoms with Crippen LogP contribution in [0.4, 0.5) is 16.2 Å². The van der Waals surface area contributed by atoms with Crippen molar-refractivity contribution in [1.82, 2.24) is 4.57 Å². The molecule has 0 fully saturated rings. The Labute approximate surface area is 233 Å². The van der Waals surface area contributed by atoms with Crippen LogP contribution in [0.25, 0.3) is 11.1 Å². The van der Waals surface area contributed by atoms with Crippen LogP contribution >= 0.6 is 0 Å². The first-order chi connectivity index (χ1) is 19.2. The second kappa shape index (κ2) is 12.8. The van der Waals surface area contributed by atoms with Gasteiger partial charge in [-0.05, 0) is 66.8 Å². The van der Waals surface area contributed by atoms with Crippen molar-refractivity contribution in [2.24, 2.45) is 0 Å². The van der Waals surface area contributed by atoms with E-state index in [1.165, 1.54) is 0 Å². The molecule has 0 bridgehead atoms. The second-order valence-electron chi connectivity index (χ2n) is 9.63. The van der Waals surface area contributed by atoms with Crippen molar-refractivity contribution >= 4 is 23.4 Å². The molecule has 0 unspecified atom stereocenters. The monoisotopic (exact) mass is 539 g/mol. The highest BCUT2D eigenvalue weighted by Crippen LogP contribution is 2.31. The molecular weight excluding hydrogens is 506 g/mol. The van der Waals surface area contributed by atoms with E-state index in [1.54, 1.807) is 35.0 Å². The van der Waals surface area contributed by atoms with E-state index in [1.807, 2.05) is 75.4 Å². The first kappa shape index (κ1) is 28.2. The Balaban J connectivity index is 1.54. The number of carboxylic acids is 1. The summed E-state index contributed by atoms with van der Waals surface area (Å²) in [5.74, 6) is -0.441. The molecule has 8 nitrogen and oxygen atoms in total. The molecule has 0 saturated heterocycles. The minimum atomic E-state index is -0.833. The molecule has 0 spiro atoms. The number of aromatic nitrogens is 1. The summed E-state index contributed by atoms with van der Waals surface area (Å²) in [6, 6.07) is 23.6. The fourth-order valence-corrected chi connectivity index (χ4v) is 4.49. The maximum Gasteiger partial charge on any atom is 0.323 e. The number of pyridine rings is 1. The topological polar surface area (TPSA) is 110 Å². The predicted molar refractivity (Wildman–Crippen MR) is 157 cm³/mol. The van der Waals surface area contributed by atoms with Crippen LogP contribution in [0.1, 0.15) is 42.9 Å². The van der Waals surface area contributed by atoms with Crippen molar-refractivity contribution < 1.29 is 19.4 Å². The zero-order valence-electron chi connectivity index (χ0n) is 22.8. The van der Waals surface area contributed by atoms with E-state index in [0.717, 1.165) is 22.4 Å². The van der Waals surface area contributed by atoms with E-state index in [-0.39, 0.29) is 23.9 Å². The van der Waals surface area contributed by atoms with Crippen molar-refractivity contribution in [2.75, 3.05) is 17.2 Å². The number of hydrogen-bond donors (Lipinski definition) is 3. The Hall–Kier alpha value is -4.85. The summed E-state index contributed by atoms with van der Waals surface area (Å²) >= 11 is 0. The molecule has 4 aromatic rings. The van der Waals surface area contributed by atoms with E-state index in [0.29, 0.717) is 35.7 Å². The first-order valence-electron chi connectivity index (χ1n) is 13.2. The van der Waals surface area contributed by atoms with Crippen molar-refractivity contribution in [1.29, 1.82) is 0 Å². The zero-order chi connectivity index (χ0) is 28.6. The Morgan fingerprint density at radius 3 is 2.40 bits per heavy atom. The fourth-order valence-electron chi connectivity index (χ4n) is 4.49. The molecule has 4 rings (SSSR count). The average molecular weight is 540 g/mol. The number of rotatable bonds is 10. The van der Waals surface area contributed by atoms with E-state index in [2.05, 4.69) is 10.6 Å². The number of carbonyl (C=O) groups is 2. The standard InChI is InChI=1S/C32H33N3O5/c1-4-40-29-19-25(33-32(39)34-28-10-6-5-8-21(28)2)15-16-26(29)27-9-7-17-35(31(27)38)20-23-11-13-24(14-12-23)22(3)18-30(36)37/h5-17,19,22H,4,18,20H2,1-3H3,(H,36,37)(H2,33,34,39)/t22-/m0/s1. The number of ether oxygens (including phenoxy) is 1. The third-order valence-corrected chi connectivity index (χ3v) is 6.63. The van der Waals surface area contributed by atoms with Crippen LogP contribution in [0.5, 0.6) is 5.75 Å². The molecular formula is C32H33N3O5. The number of aliphatic carboxylic acids is 1. The van der Waals surface area contributed by atoms with Gasteiger partial charge in [-0.1, -0.05) is 49.4 Å². The highest BCUT2D eigenvalue weighted by atomic mass is 16.5. The molecule has 0 aliphatic rings. The van der Waals surface area contributed by atoms with E-state index < -0.39 is 5.97 Å². The highest BCUT2D eigenvalue weighted by Gasteiger charge is 2.15. The molecule has 1 aromatic heterocycles. The number of carboxylic acid groups (broad SMARTS) is 1. The van der Waals surface area contributed by atoms with Gasteiger partial charge in [-0.3, -0.25) is 9.59 Å². The Morgan fingerprint density at radius 2 is 1.70 bits per heavy atom. The van der Waals surface area contributed by atoms with Gasteiger partial charge in [0.2, 0.25) is 0 Å². The lowest BCUT2D eigenvalue weighted by Crippen LogP contribution is -2.22. The lowest BCUT2D eigenvalue weighted by molar-refractivity contribution is -0.137. The molecule has 1 atom stereocenters. The van der Waals surface area contributed by atoms with E-state index in [4.69, 9.17) is 9.84 Å². The third kappa shape index (κ3) is 6.96. The zero-order valence-corrected chi connectivity index (χ0v) is 22.8. The molecule has 206 valence electrons. The van der Waals surface area contributed by atoms with Crippen LogP contribution in [0.2, 0.25) is 0 Å². The molecule has 8 heteroatoms.